The third-order valence-electron chi connectivity index (χ3n) is 3.85. The van der Waals surface area contributed by atoms with Crippen LogP contribution >= 0.6 is 0 Å². The summed E-state index contributed by atoms with van der Waals surface area (Å²) < 4.78 is 2.18. The summed E-state index contributed by atoms with van der Waals surface area (Å²) in [5.41, 5.74) is 0.479. The van der Waals surface area contributed by atoms with Gasteiger partial charge in [-0.05, 0) is 31.9 Å². The largest absolute Gasteiger partial charge is 0.352 e. The van der Waals surface area contributed by atoms with E-state index in [-0.39, 0.29) is 0 Å². The molecule has 1 saturated heterocycles. The molecule has 2 aromatic rings. The van der Waals surface area contributed by atoms with Crippen molar-refractivity contribution < 1.29 is 0 Å². The summed E-state index contributed by atoms with van der Waals surface area (Å²) in [4.78, 5) is 11.0. The second-order valence-electron chi connectivity index (χ2n) is 5.11. The summed E-state index contributed by atoms with van der Waals surface area (Å²) in [6.07, 6.45) is 6.17. The smallest absolute Gasteiger partial charge is 0.142 e. The second kappa shape index (κ2) is 5.33. The van der Waals surface area contributed by atoms with Crippen LogP contribution in [-0.4, -0.2) is 27.1 Å². The SMILES string of the molecule is Cc1nccn1CC1CCCN1c1cccc(C#N)n1. The zero-order valence-corrected chi connectivity index (χ0v) is 11.5. The molecule has 102 valence electrons. The van der Waals surface area contributed by atoms with Crippen LogP contribution in [0.1, 0.15) is 24.4 Å². The average Bonchev–Trinajstić information content (AvgIpc) is 3.09. The lowest BCUT2D eigenvalue weighted by Gasteiger charge is -2.26. The Kier molecular flexibility index (Phi) is 3.38. The van der Waals surface area contributed by atoms with Crippen LogP contribution < -0.4 is 4.90 Å². The van der Waals surface area contributed by atoms with E-state index in [2.05, 4.69) is 25.5 Å². The highest BCUT2D eigenvalue weighted by molar-refractivity contribution is 5.43. The lowest BCUT2D eigenvalue weighted by Crippen LogP contribution is -2.33. The average molecular weight is 267 g/mol. The Hall–Kier alpha value is -2.35. The fourth-order valence-electron chi connectivity index (χ4n) is 2.80. The van der Waals surface area contributed by atoms with Gasteiger partial charge in [-0.25, -0.2) is 9.97 Å². The molecule has 1 fully saturated rings. The molecule has 0 aromatic carbocycles. The van der Waals surface area contributed by atoms with Crippen molar-refractivity contribution in [1.82, 2.24) is 14.5 Å². The number of hydrogen-bond donors (Lipinski definition) is 0. The van der Waals surface area contributed by atoms with Crippen LogP contribution in [-0.2, 0) is 6.54 Å². The van der Waals surface area contributed by atoms with E-state index in [1.165, 1.54) is 0 Å². The van der Waals surface area contributed by atoms with E-state index in [1.807, 2.05) is 31.5 Å². The molecule has 0 spiro atoms. The first-order valence-electron chi connectivity index (χ1n) is 6.89. The first kappa shape index (κ1) is 12.7. The summed E-state index contributed by atoms with van der Waals surface area (Å²) in [5, 5.41) is 8.97. The van der Waals surface area contributed by atoms with Gasteiger partial charge < -0.3 is 9.47 Å². The van der Waals surface area contributed by atoms with Gasteiger partial charge in [0.1, 0.15) is 23.4 Å². The number of hydrogen-bond acceptors (Lipinski definition) is 4. The molecule has 0 saturated carbocycles. The molecule has 0 amide bonds. The number of anilines is 1. The fraction of sp³-hybridized carbons (Fsp3) is 0.400. The fourth-order valence-corrected chi connectivity index (χ4v) is 2.80. The molecule has 5 heteroatoms. The highest BCUT2D eigenvalue weighted by Crippen LogP contribution is 2.25. The third-order valence-corrected chi connectivity index (χ3v) is 3.85. The van der Waals surface area contributed by atoms with Gasteiger partial charge in [-0.15, -0.1) is 0 Å². The maximum absolute atomic E-state index is 8.97. The van der Waals surface area contributed by atoms with Crippen molar-refractivity contribution in [2.45, 2.75) is 32.4 Å². The summed E-state index contributed by atoms with van der Waals surface area (Å²) in [6, 6.07) is 8.16. The van der Waals surface area contributed by atoms with Crippen LogP contribution in [0.5, 0.6) is 0 Å². The number of aryl methyl sites for hydroxylation is 1. The molecule has 3 rings (SSSR count). The normalized spacial score (nSPS) is 18.2. The van der Waals surface area contributed by atoms with Crippen LogP contribution in [0, 0.1) is 18.3 Å². The van der Waals surface area contributed by atoms with Crippen molar-refractivity contribution in [3.63, 3.8) is 0 Å². The van der Waals surface area contributed by atoms with Crippen molar-refractivity contribution in [3.05, 3.63) is 42.1 Å². The van der Waals surface area contributed by atoms with Crippen molar-refractivity contribution in [2.24, 2.45) is 0 Å². The van der Waals surface area contributed by atoms with E-state index < -0.39 is 0 Å². The summed E-state index contributed by atoms with van der Waals surface area (Å²) in [5.74, 6) is 1.94. The highest BCUT2D eigenvalue weighted by Gasteiger charge is 2.26. The molecule has 5 nitrogen and oxygen atoms in total. The molecule has 0 bridgehead atoms. The molecule has 0 N–H and O–H groups in total. The van der Waals surface area contributed by atoms with Crippen LogP contribution in [0.4, 0.5) is 5.82 Å². The van der Waals surface area contributed by atoms with Crippen LogP contribution in [0.3, 0.4) is 0 Å². The molecule has 1 aliphatic rings. The Bertz CT molecular complexity index is 640. The van der Waals surface area contributed by atoms with Crippen LogP contribution in [0.15, 0.2) is 30.6 Å². The van der Waals surface area contributed by atoms with Crippen LogP contribution in [0.25, 0.3) is 0 Å². The van der Waals surface area contributed by atoms with E-state index in [0.29, 0.717) is 11.7 Å². The van der Waals surface area contributed by atoms with E-state index in [1.54, 1.807) is 6.07 Å². The highest BCUT2D eigenvalue weighted by atomic mass is 15.3. The molecule has 1 atom stereocenters. The Balaban J connectivity index is 1.82. The van der Waals surface area contributed by atoms with Gasteiger partial charge in [0.15, 0.2) is 0 Å². The minimum absolute atomic E-state index is 0.421. The first-order chi connectivity index (χ1) is 9.78. The summed E-state index contributed by atoms with van der Waals surface area (Å²) in [6.45, 7) is 3.94. The lowest BCUT2D eigenvalue weighted by atomic mass is 10.2. The Labute approximate surface area is 118 Å². The monoisotopic (exact) mass is 267 g/mol. The minimum Gasteiger partial charge on any atom is -0.352 e. The van der Waals surface area contributed by atoms with Gasteiger partial charge >= 0.3 is 0 Å². The minimum atomic E-state index is 0.421. The van der Waals surface area contributed by atoms with Gasteiger partial charge in [-0.1, -0.05) is 6.07 Å². The Morgan fingerprint density at radius 3 is 3.10 bits per heavy atom. The van der Waals surface area contributed by atoms with Gasteiger partial charge in [-0.2, -0.15) is 5.26 Å². The molecular formula is C15H17N5. The number of aromatic nitrogens is 3. The molecule has 0 radical (unpaired) electrons. The van der Waals surface area contributed by atoms with Gasteiger partial charge in [0.2, 0.25) is 0 Å². The van der Waals surface area contributed by atoms with E-state index in [0.717, 1.165) is 37.6 Å². The summed E-state index contributed by atoms with van der Waals surface area (Å²) >= 11 is 0. The molecular weight excluding hydrogens is 250 g/mol. The van der Waals surface area contributed by atoms with Crippen LogP contribution in [0.2, 0.25) is 0 Å². The zero-order chi connectivity index (χ0) is 13.9. The molecule has 20 heavy (non-hydrogen) atoms. The number of rotatable bonds is 3. The maximum Gasteiger partial charge on any atom is 0.142 e. The molecule has 1 aliphatic heterocycles. The van der Waals surface area contributed by atoms with Gasteiger partial charge in [0, 0.05) is 31.5 Å². The lowest BCUT2D eigenvalue weighted by molar-refractivity contribution is 0.538. The van der Waals surface area contributed by atoms with Crippen molar-refractivity contribution in [1.29, 1.82) is 5.26 Å². The van der Waals surface area contributed by atoms with Crippen molar-refractivity contribution >= 4 is 5.82 Å². The standard InChI is InChI=1S/C15H17N5/c1-12-17-7-9-19(12)11-14-5-3-8-20(14)15-6-2-4-13(10-16)18-15/h2,4,6-7,9,14H,3,5,8,11H2,1H3. The predicted molar refractivity (Wildman–Crippen MR) is 76.3 cm³/mol. The number of nitrogens with zero attached hydrogens (tertiary/aromatic N) is 5. The van der Waals surface area contributed by atoms with E-state index >= 15 is 0 Å². The quantitative estimate of drug-likeness (QED) is 0.854. The maximum atomic E-state index is 8.97. The zero-order valence-electron chi connectivity index (χ0n) is 11.5. The summed E-state index contributed by atoms with van der Waals surface area (Å²) in [7, 11) is 0. The molecule has 1 unspecified atom stereocenters. The van der Waals surface area contributed by atoms with Gasteiger partial charge in [0.05, 0.1) is 0 Å². The second-order valence-corrected chi connectivity index (χ2v) is 5.11. The van der Waals surface area contributed by atoms with E-state index in [9.17, 15) is 0 Å². The number of pyridine rings is 1. The first-order valence-corrected chi connectivity index (χ1v) is 6.89. The van der Waals surface area contributed by atoms with Crippen molar-refractivity contribution in [3.8, 4) is 6.07 Å². The molecule has 2 aromatic heterocycles. The molecule has 3 heterocycles. The molecule has 0 aliphatic carbocycles. The van der Waals surface area contributed by atoms with E-state index in [4.69, 9.17) is 5.26 Å². The predicted octanol–water partition coefficient (Wildman–Crippen LogP) is 2.13. The van der Waals surface area contributed by atoms with Gasteiger partial charge in [-0.3, -0.25) is 0 Å². The van der Waals surface area contributed by atoms with Gasteiger partial charge in [0.25, 0.3) is 0 Å². The number of nitriles is 1. The Morgan fingerprint density at radius 2 is 2.35 bits per heavy atom. The third kappa shape index (κ3) is 2.37. The number of imidazole rings is 1. The Morgan fingerprint density at radius 1 is 1.45 bits per heavy atom. The van der Waals surface area contributed by atoms with Crippen molar-refractivity contribution in [2.75, 3.05) is 11.4 Å². The topological polar surface area (TPSA) is 57.7 Å².